The average molecular weight is 339 g/mol. The number of hydrogen-bond acceptors (Lipinski definition) is 3. The SMILES string of the molecule is CCOc1ccc(/C=C/C(=O)NC(CC)c2ccc(OC)cc2)cc1. The number of benzene rings is 2. The van der Waals surface area contributed by atoms with Gasteiger partial charge in [0.05, 0.1) is 19.8 Å². The second-order valence-corrected chi connectivity index (χ2v) is 5.58. The molecule has 1 atom stereocenters. The van der Waals surface area contributed by atoms with E-state index in [1.54, 1.807) is 19.3 Å². The van der Waals surface area contributed by atoms with E-state index < -0.39 is 0 Å². The summed E-state index contributed by atoms with van der Waals surface area (Å²) in [4.78, 5) is 12.2. The minimum Gasteiger partial charge on any atom is -0.497 e. The molecule has 4 heteroatoms. The van der Waals surface area contributed by atoms with Gasteiger partial charge in [0.2, 0.25) is 5.91 Å². The molecule has 1 N–H and O–H groups in total. The van der Waals surface area contributed by atoms with Gasteiger partial charge in [0, 0.05) is 6.08 Å². The van der Waals surface area contributed by atoms with Crippen molar-refractivity contribution in [3.63, 3.8) is 0 Å². The van der Waals surface area contributed by atoms with Crippen LogP contribution in [0.15, 0.2) is 54.6 Å². The lowest BCUT2D eigenvalue weighted by Gasteiger charge is -2.16. The van der Waals surface area contributed by atoms with E-state index in [9.17, 15) is 4.79 Å². The number of rotatable bonds is 8. The van der Waals surface area contributed by atoms with Gasteiger partial charge in [0.15, 0.2) is 0 Å². The second kappa shape index (κ2) is 9.52. The summed E-state index contributed by atoms with van der Waals surface area (Å²) < 4.78 is 10.6. The summed E-state index contributed by atoms with van der Waals surface area (Å²) >= 11 is 0. The van der Waals surface area contributed by atoms with Crippen molar-refractivity contribution in [1.82, 2.24) is 5.32 Å². The summed E-state index contributed by atoms with van der Waals surface area (Å²) in [6.45, 7) is 4.64. The van der Waals surface area contributed by atoms with Gasteiger partial charge in [-0.3, -0.25) is 4.79 Å². The molecule has 0 spiro atoms. The van der Waals surface area contributed by atoms with E-state index in [0.29, 0.717) is 6.61 Å². The normalized spacial score (nSPS) is 12.0. The standard InChI is InChI=1S/C21H25NO3/c1-4-20(17-9-13-18(24-3)14-10-17)22-21(23)15-8-16-6-11-19(12-7-16)25-5-2/h6-15,20H,4-5H2,1-3H3,(H,22,23)/b15-8+. The van der Waals surface area contributed by atoms with Crippen molar-refractivity contribution < 1.29 is 14.3 Å². The first kappa shape index (κ1) is 18.6. The summed E-state index contributed by atoms with van der Waals surface area (Å²) in [6.07, 6.45) is 4.17. The van der Waals surface area contributed by atoms with Gasteiger partial charge in [0.25, 0.3) is 0 Å². The molecule has 0 bridgehead atoms. The molecular formula is C21H25NO3. The highest BCUT2D eigenvalue weighted by Gasteiger charge is 2.11. The molecule has 132 valence electrons. The topological polar surface area (TPSA) is 47.6 Å². The fourth-order valence-corrected chi connectivity index (χ4v) is 2.49. The predicted octanol–water partition coefficient (Wildman–Crippen LogP) is 4.37. The van der Waals surface area contributed by atoms with Crippen LogP contribution in [0.3, 0.4) is 0 Å². The molecule has 2 rings (SSSR count). The van der Waals surface area contributed by atoms with Crippen molar-refractivity contribution in [2.45, 2.75) is 26.3 Å². The van der Waals surface area contributed by atoms with Crippen molar-refractivity contribution in [3.05, 3.63) is 65.7 Å². The van der Waals surface area contributed by atoms with E-state index in [4.69, 9.17) is 9.47 Å². The number of carbonyl (C=O) groups is 1. The van der Waals surface area contributed by atoms with Gasteiger partial charge in [0.1, 0.15) is 11.5 Å². The average Bonchev–Trinajstić information content (AvgIpc) is 2.66. The van der Waals surface area contributed by atoms with E-state index in [0.717, 1.165) is 29.0 Å². The highest BCUT2D eigenvalue weighted by atomic mass is 16.5. The third-order valence-corrected chi connectivity index (χ3v) is 3.86. The molecule has 0 fully saturated rings. The first-order chi connectivity index (χ1) is 12.2. The summed E-state index contributed by atoms with van der Waals surface area (Å²) in [7, 11) is 1.64. The maximum Gasteiger partial charge on any atom is 0.244 e. The summed E-state index contributed by atoms with van der Waals surface area (Å²) in [5.41, 5.74) is 2.02. The molecule has 0 aliphatic rings. The Balaban J connectivity index is 1.96. The molecule has 0 saturated heterocycles. The van der Waals surface area contributed by atoms with Crippen LogP contribution in [0.1, 0.15) is 37.4 Å². The fraction of sp³-hybridized carbons (Fsp3) is 0.286. The summed E-state index contributed by atoms with van der Waals surface area (Å²) in [5, 5.41) is 3.03. The van der Waals surface area contributed by atoms with Crippen LogP contribution in [0.5, 0.6) is 11.5 Å². The van der Waals surface area contributed by atoms with Gasteiger partial charge < -0.3 is 14.8 Å². The highest BCUT2D eigenvalue weighted by Crippen LogP contribution is 2.20. The van der Waals surface area contributed by atoms with E-state index in [2.05, 4.69) is 5.32 Å². The number of ether oxygens (including phenoxy) is 2. The molecule has 0 radical (unpaired) electrons. The van der Waals surface area contributed by atoms with Crippen molar-refractivity contribution in [3.8, 4) is 11.5 Å². The van der Waals surface area contributed by atoms with Crippen molar-refractivity contribution in [1.29, 1.82) is 0 Å². The molecule has 25 heavy (non-hydrogen) atoms. The first-order valence-corrected chi connectivity index (χ1v) is 8.51. The Labute approximate surface area is 149 Å². The van der Waals surface area contributed by atoms with Gasteiger partial charge >= 0.3 is 0 Å². The van der Waals surface area contributed by atoms with E-state index in [1.165, 1.54) is 0 Å². The molecule has 4 nitrogen and oxygen atoms in total. The fourth-order valence-electron chi connectivity index (χ4n) is 2.49. The Morgan fingerprint density at radius 2 is 1.68 bits per heavy atom. The quantitative estimate of drug-likeness (QED) is 0.726. The molecule has 0 aromatic heterocycles. The van der Waals surface area contributed by atoms with Crippen LogP contribution in [0.25, 0.3) is 6.08 Å². The first-order valence-electron chi connectivity index (χ1n) is 8.51. The van der Waals surface area contributed by atoms with Crippen LogP contribution in [-0.2, 0) is 4.79 Å². The third-order valence-electron chi connectivity index (χ3n) is 3.86. The molecular weight excluding hydrogens is 314 g/mol. The van der Waals surface area contributed by atoms with Crippen LogP contribution in [0.4, 0.5) is 0 Å². The van der Waals surface area contributed by atoms with Crippen LogP contribution in [-0.4, -0.2) is 19.6 Å². The third kappa shape index (κ3) is 5.68. The lowest BCUT2D eigenvalue weighted by Crippen LogP contribution is -2.26. The predicted molar refractivity (Wildman–Crippen MR) is 101 cm³/mol. The number of amides is 1. The van der Waals surface area contributed by atoms with Gasteiger partial charge in [-0.2, -0.15) is 0 Å². The van der Waals surface area contributed by atoms with Crippen LogP contribution in [0, 0.1) is 0 Å². The van der Waals surface area contributed by atoms with Gasteiger partial charge in [-0.15, -0.1) is 0 Å². The molecule has 2 aromatic carbocycles. The van der Waals surface area contributed by atoms with E-state index >= 15 is 0 Å². The Bertz CT molecular complexity index is 690. The number of methoxy groups -OCH3 is 1. The Morgan fingerprint density at radius 1 is 1.04 bits per heavy atom. The number of hydrogen-bond donors (Lipinski definition) is 1. The number of nitrogens with one attached hydrogen (secondary N) is 1. The highest BCUT2D eigenvalue weighted by molar-refractivity contribution is 5.92. The molecule has 1 amide bonds. The lowest BCUT2D eigenvalue weighted by molar-refractivity contribution is -0.117. The van der Waals surface area contributed by atoms with Crippen LogP contribution in [0.2, 0.25) is 0 Å². The molecule has 0 saturated carbocycles. The van der Waals surface area contributed by atoms with Crippen molar-refractivity contribution >= 4 is 12.0 Å². The Morgan fingerprint density at radius 3 is 2.24 bits per heavy atom. The zero-order valence-corrected chi connectivity index (χ0v) is 15.0. The minimum atomic E-state index is -0.114. The minimum absolute atomic E-state index is 0.0246. The van der Waals surface area contributed by atoms with Crippen molar-refractivity contribution in [2.24, 2.45) is 0 Å². The van der Waals surface area contributed by atoms with Crippen LogP contribution >= 0.6 is 0 Å². The van der Waals surface area contributed by atoms with E-state index in [1.807, 2.05) is 62.4 Å². The summed E-state index contributed by atoms with van der Waals surface area (Å²) in [6, 6.07) is 15.4. The van der Waals surface area contributed by atoms with Gasteiger partial charge in [-0.1, -0.05) is 31.2 Å². The van der Waals surface area contributed by atoms with Gasteiger partial charge in [-0.25, -0.2) is 0 Å². The zero-order valence-electron chi connectivity index (χ0n) is 15.0. The molecule has 2 aromatic rings. The smallest absolute Gasteiger partial charge is 0.244 e. The summed E-state index contributed by atoms with van der Waals surface area (Å²) in [5.74, 6) is 1.52. The molecule has 0 aliphatic heterocycles. The monoisotopic (exact) mass is 339 g/mol. The van der Waals surface area contributed by atoms with E-state index in [-0.39, 0.29) is 11.9 Å². The maximum atomic E-state index is 12.2. The Hall–Kier alpha value is -2.75. The van der Waals surface area contributed by atoms with Crippen LogP contribution < -0.4 is 14.8 Å². The van der Waals surface area contributed by atoms with Crippen molar-refractivity contribution in [2.75, 3.05) is 13.7 Å². The molecule has 0 heterocycles. The molecule has 0 aliphatic carbocycles. The molecule has 1 unspecified atom stereocenters. The lowest BCUT2D eigenvalue weighted by atomic mass is 10.0. The largest absolute Gasteiger partial charge is 0.497 e. The maximum absolute atomic E-state index is 12.2. The Kier molecular flexibility index (Phi) is 7.08. The zero-order chi connectivity index (χ0) is 18.1. The number of carbonyl (C=O) groups excluding carboxylic acids is 1. The van der Waals surface area contributed by atoms with Gasteiger partial charge in [-0.05, 0) is 54.8 Å². The second-order valence-electron chi connectivity index (χ2n) is 5.58.